The third kappa shape index (κ3) is 3.39. The Kier molecular flexibility index (Phi) is 6.51. The van der Waals surface area contributed by atoms with E-state index < -0.39 is 0 Å². The minimum atomic E-state index is 0. The summed E-state index contributed by atoms with van der Waals surface area (Å²) in [6.45, 7) is 4.83. The third-order valence-electron chi connectivity index (χ3n) is 4.31. The van der Waals surface area contributed by atoms with Crippen molar-refractivity contribution in [2.24, 2.45) is 5.92 Å². The molecule has 0 amide bonds. The number of nitrogens with zero attached hydrogens (tertiary/aromatic N) is 3. The van der Waals surface area contributed by atoms with Crippen molar-refractivity contribution in [1.82, 2.24) is 14.9 Å². The quantitative estimate of drug-likeness (QED) is 0.841. The summed E-state index contributed by atoms with van der Waals surface area (Å²) < 4.78 is 0. The van der Waals surface area contributed by atoms with E-state index in [4.69, 9.17) is 0 Å². The molecule has 1 aromatic rings. The minimum Gasteiger partial charge on any atom is -0.300 e. The van der Waals surface area contributed by atoms with Crippen LogP contribution < -0.4 is 0 Å². The lowest BCUT2D eigenvalue weighted by Crippen LogP contribution is -2.49. The molecule has 0 saturated carbocycles. The molecular formula is C14H23Cl2N3. The number of hydrogen-bond donors (Lipinski definition) is 0. The molecular weight excluding hydrogens is 281 g/mol. The highest BCUT2D eigenvalue weighted by Gasteiger charge is 2.35. The molecule has 1 saturated heterocycles. The average molecular weight is 304 g/mol. The predicted octanol–water partition coefficient (Wildman–Crippen LogP) is 2.91. The van der Waals surface area contributed by atoms with Gasteiger partial charge in [-0.1, -0.05) is 6.92 Å². The molecule has 1 fully saturated rings. The molecule has 5 heteroatoms. The van der Waals surface area contributed by atoms with E-state index in [-0.39, 0.29) is 24.8 Å². The Morgan fingerprint density at radius 2 is 2.16 bits per heavy atom. The van der Waals surface area contributed by atoms with E-state index in [1.54, 1.807) is 6.33 Å². The molecule has 3 rings (SSSR count). The van der Waals surface area contributed by atoms with Crippen molar-refractivity contribution >= 4 is 24.8 Å². The van der Waals surface area contributed by atoms with E-state index in [1.165, 1.54) is 56.5 Å². The second-order valence-corrected chi connectivity index (χ2v) is 5.41. The van der Waals surface area contributed by atoms with Crippen molar-refractivity contribution in [3.8, 4) is 0 Å². The minimum absolute atomic E-state index is 0. The first-order valence-electron chi connectivity index (χ1n) is 6.90. The second kappa shape index (κ2) is 7.41. The van der Waals surface area contributed by atoms with Crippen molar-refractivity contribution < 1.29 is 0 Å². The van der Waals surface area contributed by atoms with Crippen LogP contribution in [0.25, 0.3) is 0 Å². The van der Waals surface area contributed by atoms with Crippen LogP contribution in [0.2, 0.25) is 0 Å². The molecule has 2 heterocycles. The third-order valence-corrected chi connectivity index (χ3v) is 4.31. The van der Waals surface area contributed by atoms with Crippen molar-refractivity contribution in [1.29, 1.82) is 0 Å². The van der Waals surface area contributed by atoms with Crippen LogP contribution in [0.15, 0.2) is 12.5 Å². The molecule has 0 spiro atoms. The zero-order valence-corrected chi connectivity index (χ0v) is 13.1. The van der Waals surface area contributed by atoms with E-state index in [9.17, 15) is 0 Å². The number of halogens is 2. The number of likely N-dealkylation sites (tertiary alicyclic amines) is 1. The Labute approximate surface area is 128 Å². The Hall–Kier alpha value is -0.380. The van der Waals surface area contributed by atoms with E-state index in [0.29, 0.717) is 0 Å². The number of rotatable bonds is 2. The summed E-state index contributed by atoms with van der Waals surface area (Å²) in [7, 11) is 0. The summed E-state index contributed by atoms with van der Waals surface area (Å²) in [5.41, 5.74) is 2.69. The summed E-state index contributed by atoms with van der Waals surface area (Å²) in [4.78, 5) is 11.3. The first-order chi connectivity index (χ1) is 8.38. The van der Waals surface area contributed by atoms with Crippen LogP contribution in [0.5, 0.6) is 0 Å². The lowest BCUT2D eigenvalue weighted by Gasteiger charge is -2.44. The monoisotopic (exact) mass is 303 g/mol. The largest absolute Gasteiger partial charge is 0.300 e. The van der Waals surface area contributed by atoms with Crippen LogP contribution in [0.1, 0.15) is 37.4 Å². The number of piperidine rings is 1. The summed E-state index contributed by atoms with van der Waals surface area (Å²) in [6.07, 6.45) is 10.1. The molecule has 108 valence electrons. The van der Waals surface area contributed by atoms with Crippen LogP contribution in [0.3, 0.4) is 0 Å². The highest BCUT2D eigenvalue weighted by atomic mass is 35.5. The maximum Gasteiger partial charge on any atom is 0.115 e. The molecule has 2 unspecified atom stereocenters. The van der Waals surface area contributed by atoms with Crippen LogP contribution in [-0.4, -0.2) is 34.0 Å². The second-order valence-electron chi connectivity index (χ2n) is 5.41. The smallest absolute Gasteiger partial charge is 0.115 e. The van der Waals surface area contributed by atoms with Gasteiger partial charge in [0.2, 0.25) is 0 Å². The SMILES string of the molecule is CCCN1CCCC2Cc3ncncc3CC21.Cl.Cl. The molecule has 1 aromatic heterocycles. The molecule has 19 heavy (non-hydrogen) atoms. The van der Waals surface area contributed by atoms with Gasteiger partial charge >= 0.3 is 0 Å². The molecule has 1 aliphatic heterocycles. The summed E-state index contributed by atoms with van der Waals surface area (Å²) in [5, 5.41) is 0. The summed E-state index contributed by atoms with van der Waals surface area (Å²) in [6, 6.07) is 0.752. The lowest BCUT2D eigenvalue weighted by molar-refractivity contribution is 0.0844. The molecule has 3 nitrogen and oxygen atoms in total. The van der Waals surface area contributed by atoms with Crippen molar-refractivity contribution in [3.05, 3.63) is 23.8 Å². The molecule has 2 atom stereocenters. The number of aromatic nitrogens is 2. The van der Waals surface area contributed by atoms with Crippen molar-refractivity contribution in [2.45, 2.75) is 45.1 Å². The molecule has 0 aromatic carbocycles. The van der Waals surface area contributed by atoms with Gasteiger partial charge in [0, 0.05) is 17.9 Å². The van der Waals surface area contributed by atoms with Gasteiger partial charge < -0.3 is 0 Å². The maximum absolute atomic E-state index is 4.45. The van der Waals surface area contributed by atoms with E-state index >= 15 is 0 Å². The van der Waals surface area contributed by atoms with Gasteiger partial charge in [-0.15, -0.1) is 24.8 Å². The predicted molar refractivity (Wildman–Crippen MR) is 82.3 cm³/mol. The maximum atomic E-state index is 4.45. The molecule has 0 bridgehead atoms. The Morgan fingerprint density at radius 3 is 2.95 bits per heavy atom. The number of fused-ring (bicyclic) bond motifs is 2. The van der Waals surface area contributed by atoms with Gasteiger partial charge in [0.15, 0.2) is 0 Å². The Morgan fingerprint density at radius 1 is 1.32 bits per heavy atom. The van der Waals surface area contributed by atoms with Gasteiger partial charge in [0.25, 0.3) is 0 Å². The molecule has 1 aliphatic carbocycles. The van der Waals surface area contributed by atoms with Crippen LogP contribution in [0.4, 0.5) is 0 Å². The highest BCUT2D eigenvalue weighted by molar-refractivity contribution is 5.85. The van der Waals surface area contributed by atoms with Crippen LogP contribution in [-0.2, 0) is 12.8 Å². The molecule has 0 N–H and O–H groups in total. The van der Waals surface area contributed by atoms with E-state index in [1.807, 2.05) is 6.20 Å². The van der Waals surface area contributed by atoms with Gasteiger partial charge in [-0.25, -0.2) is 9.97 Å². The first kappa shape index (κ1) is 16.7. The summed E-state index contributed by atoms with van der Waals surface area (Å²) in [5.74, 6) is 0.831. The van der Waals surface area contributed by atoms with Crippen molar-refractivity contribution in [3.63, 3.8) is 0 Å². The normalized spacial score (nSPS) is 25.5. The Balaban J connectivity index is 0.000000902. The zero-order chi connectivity index (χ0) is 11.7. The van der Waals surface area contributed by atoms with Gasteiger partial charge in [0.1, 0.15) is 6.33 Å². The van der Waals surface area contributed by atoms with E-state index in [0.717, 1.165) is 12.0 Å². The lowest BCUT2D eigenvalue weighted by atomic mass is 9.77. The van der Waals surface area contributed by atoms with Crippen LogP contribution >= 0.6 is 24.8 Å². The van der Waals surface area contributed by atoms with Gasteiger partial charge in [-0.05, 0) is 56.7 Å². The van der Waals surface area contributed by atoms with Gasteiger partial charge in [-0.2, -0.15) is 0 Å². The highest BCUT2D eigenvalue weighted by Crippen LogP contribution is 2.33. The summed E-state index contributed by atoms with van der Waals surface area (Å²) >= 11 is 0. The fourth-order valence-corrected chi connectivity index (χ4v) is 3.52. The fraction of sp³-hybridized carbons (Fsp3) is 0.714. The molecule has 2 aliphatic rings. The van der Waals surface area contributed by atoms with Crippen molar-refractivity contribution in [2.75, 3.05) is 13.1 Å². The Bertz CT molecular complexity index is 398. The van der Waals surface area contributed by atoms with Gasteiger partial charge in [0.05, 0.1) is 0 Å². The van der Waals surface area contributed by atoms with Gasteiger partial charge in [-0.3, -0.25) is 4.90 Å². The van der Waals surface area contributed by atoms with Crippen LogP contribution in [0, 0.1) is 5.92 Å². The topological polar surface area (TPSA) is 29.0 Å². The average Bonchev–Trinajstić information content (AvgIpc) is 2.37. The number of hydrogen-bond acceptors (Lipinski definition) is 3. The first-order valence-corrected chi connectivity index (χ1v) is 6.90. The van der Waals surface area contributed by atoms with E-state index in [2.05, 4.69) is 21.8 Å². The fourth-order valence-electron chi connectivity index (χ4n) is 3.52. The zero-order valence-electron chi connectivity index (χ0n) is 11.4. The molecule has 0 radical (unpaired) electrons. The standard InChI is InChI=1S/C14H21N3.2ClH/c1-2-5-17-6-3-4-11-7-13-12(8-14(11)17)9-15-10-16-13;;/h9-11,14H,2-8H2,1H3;2*1H.